The summed E-state index contributed by atoms with van der Waals surface area (Å²) in [6.45, 7) is 4.21. The van der Waals surface area contributed by atoms with E-state index in [0.29, 0.717) is 11.8 Å². The van der Waals surface area contributed by atoms with Gasteiger partial charge in [-0.2, -0.15) is 0 Å². The zero-order valence-corrected chi connectivity index (χ0v) is 19.6. The van der Waals surface area contributed by atoms with E-state index in [4.69, 9.17) is 0 Å². The Morgan fingerprint density at radius 1 is 0.909 bits per heavy atom. The lowest BCUT2D eigenvalue weighted by Crippen LogP contribution is -2.43. The fourth-order valence-corrected chi connectivity index (χ4v) is 6.16. The van der Waals surface area contributed by atoms with Crippen LogP contribution in [0, 0.1) is 17.8 Å². The lowest BCUT2D eigenvalue weighted by Gasteiger charge is -2.38. The average molecular weight is 452 g/mol. The molecule has 6 nitrogen and oxygen atoms in total. The number of amides is 2. The Hall–Kier alpha value is -2.34. The number of benzene rings is 1. The summed E-state index contributed by atoms with van der Waals surface area (Å²) in [4.78, 5) is 32.5. The Morgan fingerprint density at radius 3 is 2.42 bits per heavy atom. The van der Waals surface area contributed by atoms with Gasteiger partial charge in [-0.3, -0.25) is 9.59 Å². The number of piperidine rings is 2. The zero-order chi connectivity index (χ0) is 22.8. The van der Waals surface area contributed by atoms with Crippen molar-refractivity contribution < 1.29 is 14.7 Å². The highest BCUT2D eigenvalue weighted by Gasteiger charge is 2.34. The van der Waals surface area contributed by atoms with Gasteiger partial charge in [0.25, 0.3) is 5.91 Å². The van der Waals surface area contributed by atoms with Crippen LogP contribution in [0.15, 0.2) is 36.0 Å². The molecule has 3 saturated heterocycles. The Labute approximate surface area is 197 Å². The van der Waals surface area contributed by atoms with E-state index in [-0.39, 0.29) is 24.3 Å². The molecule has 4 aliphatic rings. The van der Waals surface area contributed by atoms with Gasteiger partial charge in [0.2, 0.25) is 5.91 Å². The van der Waals surface area contributed by atoms with Gasteiger partial charge >= 0.3 is 0 Å². The Balaban J connectivity index is 1.19. The minimum absolute atomic E-state index is 0.0421. The van der Waals surface area contributed by atoms with Crippen LogP contribution in [0.3, 0.4) is 0 Å². The molecule has 2 amide bonds. The van der Waals surface area contributed by atoms with E-state index in [0.717, 1.165) is 76.1 Å². The summed E-state index contributed by atoms with van der Waals surface area (Å²) < 4.78 is 0. The summed E-state index contributed by atoms with van der Waals surface area (Å²) in [5, 5.41) is 9.33. The SMILES string of the molecule is O=C(C1CCN(c2ccc(C(=O)N3CCCC4CCCC=C43)cc2)C1)N1CCC(CO)CC1. The molecule has 0 radical (unpaired) electrons. The minimum atomic E-state index is 0.0421. The Kier molecular flexibility index (Phi) is 6.72. The molecule has 0 bridgehead atoms. The van der Waals surface area contributed by atoms with Gasteiger partial charge in [0.1, 0.15) is 0 Å². The molecule has 2 unspecified atom stereocenters. The van der Waals surface area contributed by atoms with Gasteiger partial charge in [-0.25, -0.2) is 0 Å². The van der Waals surface area contributed by atoms with Gasteiger partial charge in [0, 0.05) is 56.3 Å². The molecule has 0 aromatic heterocycles. The van der Waals surface area contributed by atoms with Crippen LogP contribution in [0.5, 0.6) is 0 Å². The molecule has 3 fully saturated rings. The predicted molar refractivity (Wildman–Crippen MR) is 129 cm³/mol. The molecule has 1 aromatic rings. The number of hydrogen-bond acceptors (Lipinski definition) is 4. The standard InChI is InChI=1S/C27H37N3O3/c31-19-20-11-15-28(16-12-20)26(32)23-13-17-29(18-23)24-9-7-22(8-10-24)27(33)30-14-3-5-21-4-1-2-6-25(21)30/h6-10,20-21,23,31H,1-5,11-19H2. The number of aliphatic hydroxyl groups excluding tert-OH is 1. The van der Waals surface area contributed by atoms with E-state index in [9.17, 15) is 14.7 Å². The van der Waals surface area contributed by atoms with Crippen molar-refractivity contribution in [2.45, 2.75) is 51.4 Å². The molecular weight excluding hydrogens is 414 g/mol. The second-order valence-corrected chi connectivity index (χ2v) is 10.3. The van der Waals surface area contributed by atoms with Crippen LogP contribution in [-0.2, 0) is 4.79 Å². The summed E-state index contributed by atoms with van der Waals surface area (Å²) >= 11 is 0. The third-order valence-corrected chi connectivity index (χ3v) is 8.22. The smallest absolute Gasteiger partial charge is 0.258 e. The van der Waals surface area contributed by atoms with Crippen LogP contribution in [0.2, 0.25) is 0 Å². The fraction of sp³-hybridized carbons (Fsp3) is 0.630. The van der Waals surface area contributed by atoms with Crippen molar-refractivity contribution in [3.8, 4) is 0 Å². The van der Waals surface area contributed by atoms with Crippen LogP contribution in [0.4, 0.5) is 5.69 Å². The van der Waals surface area contributed by atoms with Crippen molar-refractivity contribution in [2.75, 3.05) is 44.2 Å². The van der Waals surface area contributed by atoms with Crippen molar-refractivity contribution in [1.82, 2.24) is 9.80 Å². The van der Waals surface area contributed by atoms with Gasteiger partial charge < -0.3 is 19.8 Å². The first kappa shape index (κ1) is 22.5. The van der Waals surface area contributed by atoms with Gasteiger partial charge in [-0.05, 0) is 87.5 Å². The first-order valence-electron chi connectivity index (χ1n) is 12.9. The van der Waals surface area contributed by atoms with E-state index in [1.54, 1.807) is 0 Å². The fourth-order valence-electron chi connectivity index (χ4n) is 6.16. The molecule has 0 saturated carbocycles. The number of allylic oxidation sites excluding steroid dienone is 2. The molecular formula is C27H37N3O3. The van der Waals surface area contributed by atoms with Crippen LogP contribution in [-0.4, -0.2) is 66.1 Å². The van der Waals surface area contributed by atoms with Crippen molar-refractivity contribution in [3.05, 3.63) is 41.6 Å². The third-order valence-electron chi connectivity index (χ3n) is 8.22. The highest BCUT2D eigenvalue weighted by Crippen LogP contribution is 2.36. The lowest BCUT2D eigenvalue weighted by molar-refractivity contribution is -0.136. The number of nitrogens with zero attached hydrogens (tertiary/aromatic N) is 3. The van der Waals surface area contributed by atoms with Crippen molar-refractivity contribution in [1.29, 1.82) is 0 Å². The maximum Gasteiger partial charge on any atom is 0.258 e. The highest BCUT2D eigenvalue weighted by molar-refractivity contribution is 5.96. The summed E-state index contributed by atoms with van der Waals surface area (Å²) in [6, 6.07) is 8.01. The van der Waals surface area contributed by atoms with Gasteiger partial charge in [0.15, 0.2) is 0 Å². The Bertz CT molecular complexity index is 888. The minimum Gasteiger partial charge on any atom is -0.396 e. The third kappa shape index (κ3) is 4.68. The van der Waals surface area contributed by atoms with Crippen molar-refractivity contribution in [3.63, 3.8) is 0 Å². The average Bonchev–Trinajstić information content (AvgIpc) is 3.38. The number of carbonyl (C=O) groups excluding carboxylic acids is 2. The van der Waals surface area contributed by atoms with E-state index >= 15 is 0 Å². The van der Waals surface area contributed by atoms with E-state index in [2.05, 4.69) is 11.0 Å². The maximum absolute atomic E-state index is 13.3. The molecule has 1 aromatic carbocycles. The van der Waals surface area contributed by atoms with Crippen molar-refractivity contribution in [2.24, 2.45) is 17.8 Å². The second kappa shape index (κ2) is 9.88. The topological polar surface area (TPSA) is 64.1 Å². The number of fused-ring (bicyclic) bond motifs is 1. The number of hydrogen-bond donors (Lipinski definition) is 1. The molecule has 33 heavy (non-hydrogen) atoms. The normalized spacial score (nSPS) is 26.2. The number of aliphatic hydroxyl groups is 1. The molecule has 3 aliphatic heterocycles. The van der Waals surface area contributed by atoms with Gasteiger partial charge in [-0.15, -0.1) is 0 Å². The largest absolute Gasteiger partial charge is 0.396 e. The van der Waals surface area contributed by atoms with Gasteiger partial charge in [-0.1, -0.05) is 6.08 Å². The second-order valence-electron chi connectivity index (χ2n) is 10.3. The number of carbonyl (C=O) groups is 2. The molecule has 178 valence electrons. The van der Waals surface area contributed by atoms with Crippen LogP contribution < -0.4 is 4.90 Å². The predicted octanol–water partition coefficient (Wildman–Crippen LogP) is 3.66. The quantitative estimate of drug-likeness (QED) is 0.759. The number of rotatable bonds is 4. The van der Waals surface area contributed by atoms with Crippen LogP contribution >= 0.6 is 0 Å². The monoisotopic (exact) mass is 451 g/mol. The summed E-state index contributed by atoms with van der Waals surface area (Å²) in [5.41, 5.74) is 3.10. The molecule has 3 heterocycles. The lowest BCUT2D eigenvalue weighted by atomic mass is 9.84. The molecule has 6 heteroatoms. The molecule has 1 N–H and O–H groups in total. The summed E-state index contributed by atoms with van der Waals surface area (Å²) in [7, 11) is 0. The van der Waals surface area contributed by atoms with E-state index < -0.39 is 0 Å². The van der Waals surface area contributed by atoms with Crippen molar-refractivity contribution >= 4 is 17.5 Å². The van der Waals surface area contributed by atoms with Gasteiger partial charge in [0.05, 0.1) is 5.92 Å². The molecule has 0 spiro atoms. The Morgan fingerprint density at radius 2 is 1.67 bits per heavy atom. The van der Waals surface area contributed by atoms with E-state index in [1.807, 2.05) is 34.1 Å². The number of anilines is 1. The molecule has 5 rings (SSSR count). The first-order chi connectivity index (χ1) is 16.1. The van der Waals surface area contributed by atoms with E-state index in [1.165, 1.54) is 25.0 Å². The highest BCUT2D eigenvalue weighted by atomic mass is 16.3. The maximum atomic E-state index is 13.3. The first-order valence-corrected chi connectivity index (χ1v) is 12.9. The number of likely N-dealkylation sites (tertiary alicyclic amines) is 2. The summed E-state index contributed by atoms with van der Waals surface area (Å²) in [5.74, 6) is 1.34. The van der Waals surface area contributed by atoms with Crippen LogP contribution in [0.25, 0.3) is 0 Å². The summed E-state index contributed by atoms with van der Waals surface area (Å²) in [6.07, 6.45) is 10.8. The molecule has 1 aliphatic carbocycles. The van der Waals surface area contributed by atoms with Crippen LogP contribution in [0.1, 0.15) is 61.7 Å². The zero-order valence-electron chi connectivity index (χ0n) is 19.6. The molecule has 2 atom stereocenters.